The number of anilines is 2. The molecule has 0 amide bonds. The van der Waals surface area contributed by atoms with E-state index in [2.05, 4.69) is 34.8 Å². The van der Waals surface area contributed by atoms with E-state index in [0.717, 1.165) is 73.5 Å². The molecule has 1 aliphatic carbocycles. The Hall–Kier alpha value is -3.77. The van der Waals surface area contributed by atoms with Crippen molar-refractivity contribution < 1.29 is 8.78 Å². The van der Waals surface area contributed by atoms with Crippen molar-refractivity contribution >= 4 is 17.7 Å². The lowest BCUT2D eigenvalue weighted by Crippen LogP contribution is -2.47. The van der Waals surface area contributed by atoms with Crippen LogP contribution in [0.5, 0.6) is 0 Å². The molecule has 7 rings (SSSR count). The van der Waals surface area contributed by atoms with E-state index in [1.165, 1.54) is 6.07 Å². The number of aromatic nitrogens is 2. The number of nitrogens with one attached hydrogen (secondary N) is 2. The lowest BCUT2D eigenvalue weighted by atomic mass is 9.89. The van der Waals surface area contributed by atoms with Gasteiger partial charge in [-0.15, -0.1) is 0 Å². The van der Waals surface area contributed by atoms with E-state index in [9.17, 15) is 5.26 Å². The first-order chi connectivity index (χ1) is 20.1. The Balaban J connectivity index is 1.39. The molecule has 8 bridgehead atoms. The van der Waals surface area contributed by atoms with Crippen molar-refractivity contribution in [2.45, 2.75) is 57.9 Å². The molecule has 1 unspecified atom stereocenters. The van der Waals surface area contributed by atoms with Gasteiger partial charge in [0.1, 0.15) is 17.5 Å². The van der Waals surface area contributed by atoms with Crippen LogP contribution in [0.15, 0.2) is 54.4 Å². The largest absolute Gasteiger partial charge is 0.387 e. The van der Waals surface area contributed by atoms with Crippen LogP contribution in [-0.2, 0) is 5.92 Å². The molecule has 4 aliphatic heterocycles. The smallest absolute Gasteiger partial charge is 0.273 e. The third-order valence-electron chi connectivity index (χ3n) is 9.13. The van der Waals surface area contributed by atoms with Gasteiger partial charge in [0.2, 0.25) is 0 Å². The molecule has 2 aromatic rings. The lowest BCUT2D eigenvalue weighted by Gasteiger charge is -2.40. The Bertz CT molecular complexity index is 1480. The second-order valence-electron chi connectivity index (χ2n) is 12.4. The van der Waals surface area contributed by atoms with Crippen LogP contribution < -0.4 is 15.5 Å². The predicted molar refractivity (Wildman–Crippen MR) is 162 cm³/mol. The second-order valence-corrected chi connectivity index (χ2v) is 12.4. The van der Waals surface area contributed by atoms with Crippen LogP contribution in [0, 0.1) is 29.6 Å². The van der Waals surface area contributed by atoms with E-state index in [0.29, 0.717) is 36.3 Å². The van der Waals surface area contributed by atoms with Gasteiger partial charge in [-0.05, 0) is 75.3 Å². The van der Waals surface area contributed by atoms with E-state index >= 15 is 8.78 Å². The van der Waals surface area contributed by atoms with Crippen molar-refractivity contribution in [2.75, 3.05) is 42.9 Å². The number of fused-ring (bicyclic) bond motifs is 8. The SMILES string of the molecule is C=C1CN2C(=C)C(C3(C#N)CC3)=Cc3c(nc(C)nc32)NC(C)c2cccc(c2)C(F)(F)CCC2CN(CCCN1)C2. The third-order valence-corrected chi connectivity index (χ3v) is 9.13. The summed E-state index contributed by atoms with van der Waals surface area (Å²) in [4.78, 5) is 13.9. The Labute approximate surface area is 247 Å². The molecular formula is C33H39F2N7. The average molecular weight is 572 g/mol. The maximum absolute atomic E-state index is 15.4. The number of hydrogen-bond donors (Lipinski definition) is 2. The van der Waals surface area contributed by atoms with Crippen LogP contribution in [0.1, 0.15) is 67.6 Å². The Kier molecular flexibility index (Phi) is 7.30. The summed E-state index contributed by atoms with van der Waals surface area (Å²) < 4.78 is 30.7. The van der Waals surface area contributed by atoms with Gasteiger partial charge in [-0.2, -0.15) is 5.26 Å². The molecule has 7 nitrogen and oxygen atoms in total. The number of rotatable bonds is 1. The van der Waals surface area contributed by atoms with Crippen molar-refractivity contribution in [3.05, 3.63) is 76.9 Å². The zero-order valence-electron chi connectivity index (χ0n) is 24.5. The molecular weight excluding hydrogens is 532 g/mol. The molecule has 0 spiro atoms. The molecule has 5 heterocycles. The van der Waals surface area contributed by atoms with Gasteiger partial charge in [-0.3, -0.25) is 0 Å². The molecule has 1 saturated carbocycles. The van der Waals surface area contributed by atoms with Crippen molar-refractivity contribution in [1.29, 1.82) is 5.26 Å². The second kappa shape index (κ2) is 10.8. The van der Waals surface area contributed by atoms with Crippen LogP contribution in [0.3, 0.4) is 0 Å². The highest BCUT2D eigenvalue weighted by atomic mass is 19.3. The van der Waals surface area contributed by atoms with Crippen LogP contribution in [0.25, 0.3) is 6.08 Å². The van der Waals surface area contributed by atoms with Crippen molar-refractivity contribution in [2.24, 2.45) is 11.3 Å². The summed E-state index contributed by atoms with van der Waals surface area (Å²) in [5, 5.41) is 17.0. The minimum absolute atomic E-state index is 0.0514. The number of alkyl halides is 2. The van der Waals surface area contributed by atoms with Crippen molar-refractivity contribution in [1.82, 2.24) is 20.2 Å². The zero-order chi connectivity index (χ0) is 29.6. The van der Waals surface area contributed by atoms with Crippen LogP contribution in [-0.4, -0.2) is 47.6 Å². The number of nitrogens with zero attached hydrogens (tertiary/aromatic N) is 5. The van der Waals surface area contributed by atoms with Crippen molar-refractivity contribution in [3.63, 3.8) is 0 Å². The predicted octanol–water partition coefficient (Wildman–Crippen LogP) is 6.29. The molecule has 2 fully saturated rings. The van der Waals surface area contributed by atoms with Gasteiger partial charge >= 0.3 is 0 Å². The summed E-state index contributed by atoms with van der Waals surface area (Å²) in [5.74, 6) is -0.707. The van der Waals surface area contributed by atoms with Crippen LogP contribution in [0.2, 0.25) is 0 Å². The first-order valence-corrected chi connectivity index (χ1v) is 15.0. The number of nitriles is 1. The average Bonchev–Trinajstić information content (AvgIpc) is 3.73. The highest BCUT2D eigenvalue weighted by Crippen LogP contribution is 2.56. The number of halogens is 2. The summed E-state index contributed by atoms with van der Waals surface area (Å²) in [7, 11) is 0. The fourth-order valence-corrected chi connectivity index (χ4v) is 6.38. The molecule has 2 N–H and O–H groups in total. The quantitative estimate of drug-likeness (QED) is 0.417. The van der Waals surface area contributed by atoms with E-state index < -0.39 is 11.3 Å². The maximum atomic E-state index is 15.4. The van der Waals surface area contributed by atoms with Crippen LogP contribution >= 0.6 is 0 Å². The Morgan fingerprint density at radius 1 is 1.14 bits per heavy atom. The monoisotopic (exact) mass is 571 g/mol. The summed E-state index contributed by atoms with van der Waals surface area (Å²) in [6, 6.07) is 8.95. The highest BCUT2D eigenvalue weighted by molar-refractivity contribution is 5.84. The maximum Gasteiger partial charge on any atom is 0.273 e. The molecule has 1 saturated heterocycles. The fraction of sp³-hybridized carbons (Fsp3) is 0.485. The van der Waals surface area contributed by atoms with E-state index in [4.69, 9.17) is 9.97 Å². The molecule has 5 aliphatic rings. The number of aryl methyl sites for hydroxylation is 1. The highest BCUT2D eigenvalue weighted by Gasteiger charge is 2.50. The summed E-state index contributed by atoms with van der Waals surface area (Å²) in [6.45, 7) is 16.4. The fourth-order valence-electron chi connectivity index (χ4n) is 6.38. The number of benzene rings is 1. The minimum atomic E-state index is -2.89. The van der Waals surface area contributed by atoms with Gasteiger partial charge in [0, 0.05) is 49.1 Å². The molecule has 9 heteroatoms. The molecule has 42 heavy (non-hydrogen) atoms. The molecule has 1 atom stereocenters. The van der Waals surface area contributed by atoms with E-state index in [1.54, 1.807) is 12.1 Å². The van der Waals surface area contributed by atoms with E-state index in [1.807, 2.05) is 30.9 Å². The van der Waals surface area contributed by atoms with Gasteiger partial charge in [0.25, 0.3) is 5.92 Å². The Morgan fingerprint density at radius 3 is 2.67 bits per heavy atom. The Morgan fingerprint density at radius 2 is 1.93 bits per heavy atom. The first kappa shape index (κ1) is 28.4. The third kappa shape index (κ3) is 5.40. The van der Waals surface area contributed by atoms with Gasteiger partial charge < -0.3 is 20.4 Å². The van der Waals surface area contributed by atoms with Gasteiger partial charge in [0.15, 0.2) is 0 Å². The molecule has 1 aromatic carbocycles. The lowest BCUT2D eigenvalue weighted by molar-refractivity contribution is -0.0291. The topological polar surface area (TPSA) is 80.1 Å². The molecule has 1 aromatic heterocycles. The van der Waals surface area contributed by atoms with Gasteiger partial charge in [-0.1, -0.05) is 31.4 Å². The molecule has 220 valence electrons. The number of hydrogen-bond acceptors (Lipinski definition) is 7. The molecule has 0 radical (unpaired) electrons. The van der Waals surface area contributed by atoms with E-state index in [-0.39, 0.29) is 18.0 Å². The number of allylic oxidation sites excluding steroid dienone is 1. The summed E-state index contributed by atoms with van der Waals surface area (Å²) >= 11 is 0. The van der Waals surface area contributed by atoms with Gasteiger partial charge in [-0.25, -0.2) is 18.7 Å². The summed E-state index contributed by atoms with van der Waals surface area (Å²) in [6.07, 6.45) is 4.85. The standard InChI is InChI=1S/C33H39F2N7/c1-21-17-42-23(3)29(32(20-36)11-12-32)16-28-30(39-24(4)40-31(28)42)38-22(2)26-7-5-8-27(15-26)33(34,35)10-9-25-18-41(19-25)14-6-13-37-21/h5,7-8,15-16,22,25,37H,1,3,6,9-14,17-19H2,2,4H3,(H,38,39,40). The summed E-state index contributed by atoms with van der Waals surface area (Å²) in [5.41, 5.74) is 3.47. The normalized spacial score (nSPS) is 26.8. The first-order valence-electron chi connectivity index (χ1n) is 15.0. The zero-order valence-corrected chi connectivity index (χ0v) is 24.5. The van der Waals surface area contributed by atoms with Crippen LogP contribution in [0.4, 0.5) is 20.4 Å². The van der Waals surface area contributed by atoms with Crippen molar-refractivity contribution in [3.8, 4) is 6.07 Å². The minimum Gasteiger partial charge on any atom is -0.387 e. The van der Waals surface area contributed by atoms with Gasteiger partial charge in [0.05, 0.1) is 23.6 Å².